The van der Waals surface area contributed by atoms with Crippen molar-refractivity contribution in [1.29, 1.82) is 0 Å². The van der Waals surface area contributed by atoms with E-state index >= 15 is 0 Å². The number of carbonyl (C=O) groups excluding carboxylic acids is 2. The first-order valence-corrected chi connectivity index (χ1v) is 7.71. The molecule has 3 rings (SSSR count). The largest absolute Gasteiger partial charge is 0.465 e. The summed E-state index contributed by atoms with van der Waals surface area (Å²) >= 11 is 0. The Labute approximate surface area is 139 Å². The fraction of sp³-hybridized carbons (Fsp3) is 0.294. The molecule has 7 nitrogen and oxygen atoms in total. The molecule has 2 aromatic heterocycles. The van der Waals surface area contributed by atoms with E-state index in [1.54, 1.807) is 29.2 Å². The van der Waals surface area contributed by atoms with Crippen LogP contribution in [0.3, 0.4) is 0 Å². The highest BCUT2D eigenvalue weighted by molar-refractivity contribution is 6.04. The topological polar surface area (TPSA) is 78.9 Å². The van der Waals surface area contributed by atoms with E-state index in [2.05, 4.69) is 10.2 Å². The Morgan fingerprint density at radius 2 is 1.79 bits per heavy atom. The quantitative estimate of drug-likeness (QED) is 0.858. The van der Waals surface area contributed by atoms with Crippen molar-refractivity contribution >= 4 is 17.9 Å². The zero-order valence-electron chi connectivity index (χ0n) is 13.4. The first kappa shape index (κ1) is 16.1. The molecule has 7 heteroatoms. The van der Waals surface area contributed by atoms with Gasteiger partial charge in [0.15, 0.2) is 5.76 Å². The van der Waals surface area contributed by atoms with Crippen LogP contribution >= 0.6 is 0 Å². The van der Waals surface area contributed by atoms with Crippen molar-refractivity contribution in [2.24, 2.45) is 0 Å². The number of piperazine rings is 1. The number of rotatable bonds is 4. The number of hydrogen-bond acceptors (Lipinski definition) is 5. The number of hydrogen-bond donors (Lipinski definition) is 1. The summed E-state index contributed by atoms with van der Waals surface area (Å²) in [6, 6.07) is 6.60. The van der Waals surface area contributed by atoms with E-state index in [9.17, 15) is 9.59 Å². The van der Waals surface area contributed by atoms with Crippen molar-refractivity contribution in [3.63, 3.8) is 0 Å². The van der Waals surface area contributed by atoms with Gasteiger partial charge in [0.1, 0.15) is 11.5 Å². The number of furan rings is 2. The van der Waals surface area contributed by atoms with Crippen LogP contribution in [0.15, 0.2) is 51.3 Å². The van der Waals surface area contributed by atoms with Gasteiger partial charge in [0.2, 0.25) is 0 Å². The summed E-state index contributed by atoms with van der Waals surface area (Å²) in [6.07, 6.45) is 4.45. The summed E-state index contributed by atoms with van der Waals surface area (Å²) in [5, 5.41) is 2.63. The number of nitrogens with one attached hydrogen (secondary N) is 1. The van der Waals surface area contributed by atoms with Crippen molar-refractivity contribution in [3.8, 4) is 0 Å². The molecule has 2 aromatic rings. The van der Waals surface area contributed by atoms with E-state index in [0.717, 1.165) is 13.1 Å². The molecule has 0 atom stereocenters. The Bertz CT molecular complexity index is 711. The molecule has 1 N–H and O–H groups in total. The third-order valence-electron chi connectivity index (χ3n) is 3.84. The van der Waals surface area contributed by atoms with Crippen LogP contribution in [0.25, 0.3) is 6.08 Å². The molecule has 126 valence electrons. The predicted octanol–water partition coefficient (Wildman–Crippen LogP) is 1.42. The van der Waals surface area contributed by atoms with Gasteiger partial charge in [-0.3, -0.25) is 9.59 Å². The molecule has 0 spiro atoms. The van der Waals surface area contributed by atoms with Crippen LogP contribution in [0.5, 0.6) is 0 Å². The van der Waals surface area contributed by atoms with Crippen LogP contribution in [-0.4, -0.2) is 54.8 Å². The minimum absolute atomic E-state index is 0.145. The van der Waals surface area contributed by atoms with Gasteiger partial charge in [0.05, 0.1) is 12.5 Å². The number of nitrogens with zero attached hydrogens (tertiary/aromatic N) is 2. The molecule has 3 heterocycles. The van der Waals surface area contributed by atoms with E-state index in [4.69, 9.17) is 8.83 Å². The SMILES string of the molecule is CN1CCN(C(=O)/C(=C/c2ccco2)NC(=O)c2ccco2)CC1. The van der Waals surface area contributed by atoms with Gasteiger partial charge in [-0.1, -0.05) is 0 Å². The van der Waals surface area contributed by atoms with Gasteiger partial charge >= 0.3 is 0 Å². The van der Waals surface area contributed by atoms with Gasteiger partial charge in [0.25, 0.3) is 11.8 Å². The van der Waals surface area contributed by atoms with Crippen molar-refractivity contribution < 1.29 is 18.4 Å². The molecular formula is C17H19N3O4. The van der Waals surface area contributed by atoms with Crippen LogP contribution in [0, 0.1) is 0 Å². The van der Waals surface area contributed by atoms with E-state index in [0.29, 0.717) is 18.8 Å². The molecule has 0 aromatic carbocycles. The highest BCUT2D eigenvalue weighted by atomic mass is 16.3. The second-order valence-corrected chi connectivity index (χ2v) is 5.60. The molecule has 1 aliphatic heterocycles. The van der Waals surface area contributed by atoms with Crippen molar-refractivity contribution in [2.75, 3.05) is 33.2 Å². The van der Waals surface area contributed by atoms with Crippen LogP contribution in [0.4, 0.5) is 0 Å². The lowest BCUT2D eigenvalue weighted by molar-refractivity contribution is -0.128. The highest BCUT2D eigenvalue weighted by Crippen LogP contribution is 2.11. The Kier molecular flexibility index (Phi) is 4.81. The lowest BCUT2D eigenvalue weighted by Crippen LogP contribution is -2.49. The molecular weight excluding hydrogens is 310 g/mol. The lowest BCUT2D eigenvalue weighted by atomic mass is 10.2. The zero-order chi connectivity index (χ0) is 16.9. The second-order valence-electron chi connectivity index (χ2n) is 5.60. The number of carbonyl (C=O) groups is 2. The average molecular weight is 329 g/mol. The fourth-order valence-electron chi connectivity index (χ4n) is 2.44. The fourth-order valence-corrected chi connectivity index (χ4v) is 2.44. The van der Waals surface area contributed by atoms with Gasteiger partial charge in [-0.25, -0.2) is 0 Å². The van der Waals surface area contributed by atoms with Crippen LogP contribution in [0.1, 0.15) is 16.3 Å². The van der Waals surface area contributed by atoms with E-state index in [1.807, 2.05) is 7.05 Å². The van der Waals surface area contributed by atoms with Crippen molar-refractivity contribution in [1.82, 2.24) is 15.1 Å². The molecule has 1 fully saturated rings. The summed E-state index contributed by atoms with van der Waals surface area (Å²) in [4.78, 5) is 28.9. The molecule has 2 amide bonds. The summed E-state index contributed by atoms with van der Waals surface area (Å²) in [5.41, 5.74) is 0.163. The highest BCUT2D eigenvalue weighted by Gasteiger charge is 2.24. The zero-order valence-corrected chi connectivity index (χ0v) is 13.4. The molecule has 0 aliphatic carbocycles. The van der Waals surface area contributed by atoms with Crippen molar-refractivity contribution in [2.45, 2.75) is 0 Å². The first-order valence-electron chi connectivity index (χ1n) is 7.71. The third kappa shape index (κ3) is 3.75. The molecule has 0 saturated carbocycles. The van der Waals surface area contributed by atoms with E-state index in [-0.39, 0.29) is 17.4 Å². The second kappa shape index (κ2) is 7.18. The summed E-state index contributed by atoms with van der Waals surface area (Å²) < 4.78 is 10.3. The van der Waals surface area contributed by atoms with Gasteiger partial charge in [-0.2, -0.15) is 0 Å². The molecule has 0 bridgehead atoms. The monoisotopic (exact) mass is 329 g/mol. The summed E-state index contributed by atoms with van der Waals surface area (Å²) in [6.45, 7) is 2.82. The van der Waals surface area contributed by atoms with E-state index in [1.165, 1.54) is 18.6 Å². The molecule has 1 saturated heterocycles. The number of likely N-dealkylation sites (N-methyl/N-ethyl adjacent to an activating group) is 1. The Balaban J connectivity index is 1.79. The van der Waals surface area contributed by atoms with E-state index < -0.39 is 5.91 Å². The van der Waals surface area contributed by atoms with Gasteiger partial charge in [-0.15, -0.1) is 0 Å². The van der Waals surface area contributed by atoms with Gasteiger partial charge < -0.3 is 24.0 Å². The van der Waals surface area contributed by atoms with Gasteiger partial charge in [0, 0.05) is 32.3 Å². The molecule has 24 heavy (non-hydrogen) atoms. The Morgan fingerprint density at radius 1 is 1.08 bits per heavy atom. The van der Waals surface area contributed by atoms with Crippen LogP contribution < -0.4 is 5.32 Å². The predicted molar refractivity (Wildman–Crippen MR) is 86.9 cm³/mol. The maximum atomic E-state index is 12.8. The summed E-state index contributed by atoms with van der Waals surface area (Å²) in [5.74, 6) is -0.0709. The van der Waals surface area contributed by atoms with Crippen LogP contribution in [0.2, 0.25) is 0 Å². The molecule has 1 aliphatic rings. The normalized spacial score (nSPS) is 16.2. The minimum atomic E-state index is -0.472. The van der Waals surface area contributed by atoms with Crippen LogP contribution in [-0.2, 0) is 4.79 Å². The van der Waals surface area contributed by atoms with Gasteiger partial charge in [-0.05, 0) is 31.3 Å². The maximum absolute atomic E-state index is 12.8. The molecule has 0 unspecified atom stereocenters. The smallest absolute Gasteiger partial charge is 0.291 e. The van der Waals surface area contributed by atoms with Crippen molar-refractivity contribution in [3.05, 3.63) is 54.0 Å². The molecule has 0 radical (unpaired) electrons. The Morgan fingerprint density at radius 3 is 2.42 bits per heavy atom. The standard InChI is InChI=1S/C17H19N3O4/c1-19-6-8-20(9-7-19)17(22)14(12-13-4-2-10-23-13)18-16(21)15-5-3-11-24-15/h2-5,10-12H,6-9H2,1H3,(H,18,21)/b14-12-. The number of amides is 2. The maximum Gasteiger partial charge on any atom is 0.291 e. The summed E-state index contributed by atoms with van der Waals surface area (Å²) in [7, 11) is 2.01. The lowest BCUT2D eigenvalue weighted by Gasteiger charge is -2.32. The average Bonchev–Trinajstić information content (AvgIpc) is 3.28. The third-order valence-corrected chi connectivity index (χ3v) is 3.84. The Hall–Kier alpha value is -2.80. The minimum Gasteiger partial charge on any atom is -0.465 e. The first-order chi connectivity index (χ1) is 11.6.